The lowest BCUT2D eigenvalue weighted by molar-refractivity contribution is -0.147. The molecule has 2 heterocycles. The second kappa shape index (κ2) is 5.73. The molecular formula is C13H17BrN2O3S. The molecule has 110 valence electrons. The van der Waals surface area contributed by atoms with Crippen LogP contribution in [0, 0.1) is 5.41 Å². The summed E-state index contributed by atoms with van der Waals surface area (Å²) in [7, 11) is 1.74. The first-order valence-electron chi connectivity index (χ1n) is 6.28. The summed E-state index contributed by atoms with van der Waals surface area (Å²) in [4.78, 5) is 27.9. The highest BCUT2D eigenvalue weighted by Crippen LogP contribution is 2.31. The summed E-state index contributed by atoms with van der Waals surface area (Å²) in [5.41, 5.74) is -0.817. The van der Waals surface area contributed by atoms with Crippen LogP contribution in [0.2, 0.25) is 0 Å². The number of carboxylic acids is 1. The first-order valence-corrected chi connectivity index (χ1v) is 7.95. The maximum absolute atomic E-state index is 12.3. The van der Waals surface area contributed by atoms with E-state index in [0.717, 1.165) is 9.35 Å². The van der Waals surface area contributed by atoms with Crippen molar-refractivity contribution in [1.82, 2.24) is 9.80 Å². The zero-order valence-corrected chi connectivity index (χ0v) is 13.8. The van der Waals surface area contributed by atoms with Gasteiger partial charge < -0.3 is 14.9 Å². The summed E-state index contributed by atoms with van der Waals surface area (Å²) in [5.74, 6) is -0.836. The Labute approximate surface area is 130 Å². The Morgan fingerprint density at radius 1 is 1.60 bits per heavy atom. The average Bonchev–Trinajstić information content (AvgIpc) is 2.96. The molecule has 1 atom stereocenters. The third kappa shape index (κ3) is 3.15. The normalized spacial score (nSPS) is 22.1. The van der Waals surface area contributed by atoms with Gasteiger partial charge in [-0.3, -0.25) is 4.79 Å². The predicted octanol–water partition coefficient (Wildman–Crippen LogP) is 2.86. The van der Waals surface area contributed by atoms with Gasteiger partial charge in [0.25, 0.3) is 0 Å². The highest BCUT2D eigenvalue weighted by molar-refractivity contribution is 9.10. The minimum Gasteiger partial charge on any atom is -0.481 e. The maximum Gasteiger partial charge on any atom is 0.320 e. The molecule has 7 heteroatoms. The van der Waals surface area contributed by atoms with E-state index in [0.29, 0.717) is 19.5 Å². The van der Waals surface area contributed by atoms with E-state index in [2.05, 4.69) is 15.9 Å². The number of amides is 2. The van der Waals surface area contributed by atoms with E-state index in [-0.39, 0.29) is 12.6 Å². The van der Waals surface area contributed by atoms with Crippen LogP contribution in [0.4, 0.5) is 4.79 Å². The minimum atomic E-state index is -0.836. The third-order valence-electron chi connectivity index (χ3n) is 3.60. The van der Waals surface area contributed by atoms with Gasteiger partial charge in [0.15, 0.2) is 0 Å². The average molecular weight is 361 g/mol. The van der Waals surface area contributed by atoms with Crippen molar-refractivity contribution in [3.8, 4) is 0 Å². The van der Waals surface area contributed by atoms with E-state index in [4.69, 9.17) is 0 Å². The standard InChI is InChI=1S/C13H17BrN2O3S/c1-13(11(17)18)3-4-16(8-13)12(19)15(2)6-10-5-9(14)7-20-10/h5,7H,3-4,6,8H2,1-2H3,(H,17,18). The molecule has 1 fully saturated rings. The summed E-state index contributed by atoms with van der Waals surface area (Å²) in [6.45, 7) is 3.01. The van der Waals surface area contributed by atoms with E-state index in [9.17, 15) is 14.7 Å². The fourth-order valence-electron chi connectivity index (χ4n) is 2.28. The molecule has 0 spiro atoms. The number of thiophene rings is 1. The van der Waals surface area contributed by atoms with Gasteiger partial charge in [-0.05, 0) is 35.3 Å². The van der Waals surface area contributed by atoms with Crippen LogP contribution in [-0.4, -0.2) is 47.0 Å². The van der Waals surface area contributed by atoms with Crippen molar-refractivity contribution in [3.63, 3.8) is 0 Å². The fraction of sp³-hybridized carbons (Fsp3) is 0.538. The number of carboxylic acid groups (broad SMARTS) is 1. The van der Waals surface area contributed by atoms with Crippen LogP contribution in [0.25, 0.3) is 0 Å². The second-order valence-electron chi connectivity index (χ2n) is 5.41. The molecule has 2 rings (SSSR count). The number of carbonyl (C=O) groups excluding carboxylic acids is 1. The molecule has 1 aliphatic heterocycles. The molecule has 0 aromatic carbocycles. The van der Waals surface area contributed by atoms with Crippen LogP contribution in [-0.2, 0) is 11.3 Å². The van der Waals surface area contributed by atoms with Crippen LogP contribution in [0.3, 0.4) is 0 Å². The molecule has 0 saturated carbocycles. The number of aliphatic carboxylic acids is 1. The molecular weight excluding hydrogens is 344 g/mol. The van der Waals surface area contributed by atoms with Crippen LogP contribution >= 0.6 is 27.3 Å². The lowest BCUT2D eigenvalue weighted by atomic mass is 9.90. The highest BCUT2D eigenvalue weighted by Gasteiger charge is 2.42. The van der Waals surface area contributed by atoms with Crippen molar-refractivity contribution >= 4 is 39.3 Å². The molecule has 0 aliphatic carbocycles. The highest BCUT2D eigenvalue weighted by atomic mass is 79.9. The van der Waals surface area contributed by atoms with E-state index < -0.39 is 11.4 Å². The van der Waals surface area contributed by atoms with Crippen molar-refractivity contribution in [2.45, 2.75) is 19.9 Å². The third-order valence-corrected chi connectivity index (χ3v) is 5.28. The zero-order chi connectivity index (χ0) is 14.9. The summed E-state index contributed by atoms with van der Waals surface area (Å²) < 4.78 is 1.01. The van der Waals surface area contributed by atoms with Gasteiger partial charge in [-0.1, -0.05) is 0 Å². The molecule has 2 amide bonds. The fourth-order valence-corrected chi connectivity index (χ4v) is 3.78. The molecule has 1 saturated heterocycles. The largest absolute Gasteiger partial charge is 0.481 e. The first kappa shape index (κ1) is 15.3. The van der Waals surface area contributed by atoms with Gasteiger partial charge >= 0.3 is 12.0 Å². The topological polar surface area (TPSA) is 60.9 Å². The van der Waals surface area contributed by atoms with E-state index >= 15 is 0 Å². The lowest BCUT2D eigenvalue weighted by Crippen LogP contribution is -2.41. The molecule has 20 heavy (non-hydrogen) atoms. The number of likely N-dealkylation sites (tertiary alicyclic amines) is 1. The molecule has 1 aliphatic rings. The number of halogens is 1. The Morgan fingerprint density at radius 3 is 2.80 bits per heavy atom. The summed E-state index contributed by atoms with van der Waals surface area (Å²) in [6, 6.07) is 1.87. The Bertz CT molecular complexity index is 533. The zero-order valence-electron chi connectivity index (χ0n) is 11.4. The van der Waals surface area contributed by atoms with Crippen LogP contribution < -0.4 is 0 Å². The van der Waals surface area contributed by atoms with Crippen molar-refractivity contribution in [3.05, 3.63) is 20.8 Å². The summed E-state index contributed by atoms with van der Waals surface area (Å²) in [5, 5.41) is 11.2. The SMILES string of the molecule is CN(Cc1cc(Br)cs1)C(=O)N1CCC(C)(C(=O)O)C1. The molecule has 0 bridgehead atoms. The van der Waals surface area contributed by atoms with Crippen LogP contribution in [0.1, 0.15) is 18.2 Å². The van der Waals surface area contributed by atoms with Gasteiger partial charge in [-0.25, -0.2) is 4.79 Å². The van der Waals surface area contributed by atoms with Crippen molar-refractivity contribution in [2.75, 3.05) is 20.1 Å². The van der Waals surface area contributed by atoms with Gasteiger partial charge in [0.05, 0.1) is 12.0 Å². The van der Waals surface area contributed by atoms with E-state index in [1.54, 1.807) is 35.1 Å². The van der Waals surface area contributed by atoms with Crippen molar-refractivity contribution in [2.24, 2.45) is 5.41 Å². The Balaban J connectivity index is 1.96. The van der Waals surface area contributed by atoms with E-state index in [1.165, 1.54) is 0 Å². The van der Waals surface area contributed by atoms with Gasteiger partial charge in [0, 0.05) is 34.9 Å². The maximum atomic E-state index is 12.3. The Hall–Kier alpha value is -1.08. The summed E-state index contributed by atoms with van der Waals surface area (Å²) in [6.07, 6.45) is 0.506. The molecule has 1 N–H and O–H groups in total. The second-order valence-corrected chi connectivity index (χ2v) is 7.32. The van der Waals surface area contributed by atoms with Crippen LogP contribution in [0.5, 0.6) is 0 Å². The van der Waals surface area contributed by atoms with Gasteiger partial charge in [-0.2, -0.15) is 0 Å². The quantitative estimate of drug-likeness (QED) is 0.901. The summed E-state index contributed by atoms with van der Waals surface area (Å²) >= 11 is 4.98. The molecule has 1 aromatic heterocycles. The van der Waals surface area contributed by atoms with Crippen LogP contribution in [0.15, 0.2) is 15.9 Å². The van der Waals surface area contributed by atoms with Crippen molar-refractivity contribution < 1.29 is 14.7 Å². The first-order chi connectivity index (χ1) is 9.32. The number of hydrogen-bond acceptors (Lipinski definition) is 3. The lowest BCUT2D eigenvalue weighted by Gasteiger charge is -2.25. The minimum absolute atomic E-state index is 0.112. The van der Waals surface area contributed by atoms with Gasteiger partial charge in [0.1, 0.15) is 0 Å². The molecule has 0 radical (unpaired) electrons. The smallest absolute Gasteiger partial charge is 0.320 e. The Morgan fingerprint density at radius 2 is 2.30 bits per heavy atom. The Kier molecular flexibility index (Phi) is 4.39. The predicted molar refractivity (Wildman–Crippen MR) is 80.8 cm³/mol. The van der Waals surface area contributed by atoms with Gasteiger partial charge in [0.2, 0.25) is 0 Å². The number of nitrogens with zero attached hydrogens (tertiary/aromatic N) is 2. The van der Waals surface area contributed by atoms with E-state index in [1.807, 2.05) is 11.4 Å². The molecule has 1 unspecified atom stereocenters. The molecule has 1 aromatic rings. The van der Waals surface area contributed by atoms with Crippen molar-refractivity contribution in [1.29, 1.82) is 0 Å². The van der Waals surface area contributed by atoms with Gasteiger partial charge in [-0.15, -0.1) is 11.3 Å². The monoisotopic (exact) mass is 360 g/mol. The number of rotatable bonds is 3. The number of urea groups is 1. The molecule has 5 nitrogen and oxygen atoms in total. The number of hydrogen-bond donors (Lipinski definition) is 1. The number of carbonyl (C=O) groups is 2.